The van der Waals surface area contributed by atoms with E-state index in [4.69, 9.17) is 4.74 Å². The molecule has 0 N–H and O–H groups in total. The summed E-state index contributed by atoms with van der Waals surface area (Å²) in [6.45, 7) is 4.97. The second kappa shape index (κ2) is 9.30. The van der Waals surface area contributed by atoms with Gasteiger partial charge in [-0.25, -0.2) is 0 Å². The van der Waals surface area contributed by atoms with Gasteiger partial charge in [-0.05, 0) is 73.1 Å². The molecule has 0 bridgehead atoms. The Hall–Kier alpha value is -2.46. The van der Waals surface area contributed by atoms with Crippen molar-refractivity contribution in [3.05, 3.63) is 65.7 Å². The van der Waals surface area contributed by atoms with Gasteiger partial charge in [-0.1, -0.05) is 61.9 Å². The summed E-state index contributed by atoms with van der Waals surface area (Å²) in [5.41, 5.74) is 4.80. The van der Waals surface area contributed by atoms with Crippen LogP contribution in [0.1, 0.15) is 51.5 Å². The largest absolute Gasteiger partial charge is 0.494 e. The van der Waals surface area contributed by atoms with E-state index in [-0.39, 0.29) is 0 Å². The highest BCUT2D eigenvalue weighted by Crippen LogP contribution is 2.27. The van der Waals surface area contributed by atoms with E-state index in [0.717, 1.165) is 23.7 Å². The molecule has 0 heterocycles. The number of ether oxygens (including phenoxy) is 1. The van der Waals surface area contributed by atoms with Crippen LogP contribution in [0.3, 0.4) is 0 Å². The molecule has 26 heavy (non-hydrogen) atoms. The Labute approximate surface area is 158 Å². The molecule has 1 atom stereocenters. The molecule has 1 heteroatoms. The Morgan fingerprint density at radius 1 is 0.923 bits per heavy atom. The normalized spacial score (nSPS) is 16.4. The summed E-state index contributed by atoms with van der Waals surface area (Å²) in [5.74, 6) is 8.49. The minimum absolute atomic E-state index is 0.697. The zero-order valence-corrected chi connectivity index (χ0v) is 15.9. The number of hydrogen-bond donors (Lipinski definition) is 0. The van der Waals surface area contributed by atoms with Crippen LogP contribution in [0, 0.1) is 17.8 Å². The lowest BCUT2D eigenvalue weighted by Crippen LogP contribution is -2.04. The average molecular weight is 344 g/mol. The lowest BCUT2D eigenvalue weighted by atomic mass is 9.87. The second-order valence-corrected chi connectivity index (χ2v) is 6.94. The van der Waals surface area contributed by atoms with Crippen molar-refractivity contribution in [2.24, 2.45) is 5.92 Å². The fraction of sp³-hybridized carbons (Fsp3) is 0.360. The molecule has 1 aliphatic carbocycles. The molecule has 0 fully saturated rings. The number of rotatable bonds is 5. The summed E-state index contributed by atoms with van der Waals surface area (Å²) >= 11 is 0. The average Bonchev–Trinajstić information content (AvgIpc) is 2.69. The van der Waals surface area contributed by atoms with Gasteiger partial charge in [-0.15, -0.1) is 0 Å². The second-order valence-electron chi connectivity index (χ2n) is 6.94. The van der Waals surface area contributed by atoms with Gasteiger partial charge in [0.05, 0.1) is 6.61 Å². The maximum absolute atomic E-state index is 5.50. The summed E-state index contributed by atoms with van der Waals surface area (Å²) in [7, 11) is 0. The Balaban J connectivity index is 1.63. The van der Waals surface area contributed by atoms with Gasteiger partial charge in [0.2, 0.25) is 0 Å². The molecular formula is C25H28O. The van der Waals surface area contributed by atoms with E-state index in [9.17, 15) is 0 Å². The molecular weight excluding hydrogens is 316 g/mol. The molecule has 2 aromatic carbocycles. The molecule has 0 saturated heterocycles. The molecule has 3 rings (SSSR count). The van der Waals surface area contributed by atoms with E-state index < -0.39 is 0 Å². The third kappa shape index (κ3) is 5.02. The van der Waals surface area contributed by atoms with E-state index in [2.05, 4.69) is 61.2 Å². The van der Waals surface area contributed by atoms with Crippen molar-refractivity contribution in [2.45, 2.75) is 46.0 Å². The summed E-state index contributed by atoms with van der Waals surface area (Å²) in [6.07, 6.45) is 8.64. The molecule has 0 aromatic heterocycles. The zero-order valence-electron chi connectivity index (χ0n) is 15.9. The topological polar surface area (TPSA) is 9.23 Å². The smallest absolute Gasteiger partial charge is 0.119 e. The monoisotopic (exact) mass is 344 g/mol. The Morgan fingerprint density at radius 2 is 1.62 bits per heavy atom. The quantitative estimate of drug-likeness (QED) is 0.553. The summed E-state index contributed by atoms with van der Waals surface area (Å²) < 4.78 is 5.50. The first-order valence-corrected chi connectivity index (χ1v) is 9.82. The molecule has 0 radical (unpaired) electrons. The summed E-state index contributed by atoms with van der Waals surface area (Å²) in [5, 5.41) is 0. The molecule has 0 saturated carbocycles. The molecule has 0 amide bonds. The van der Waals surface area contributed by atoms with Crippen LogP contribution >= 0.6 is 0 Å². The van der Waals surface area contributed by atoms with Crippen LogP contribution in [0.25, 0.3) is 11.1 Å². The third-order valence-corrected chi connectivity index (χ3v) is 4.97. The molecule has 0 aliphatic heterocycles. The predicted molar refractivity (Wildman–Crippen MR) is 110 cm³/mol. The van der Waals surface area contributed by atoms with Crippen LogP contribution < -0.4 is 4.74 Å². The van der Waals surface area contributed by atoms with Crippen LogP contribution in [-0.2, 0) is 0 Å². The maximum atomic E-state index is 5.50. The fourth-order valence-corrected chi connectivity index (χ4v) is 3.48. The summed E-state index contributed by atoms with van der Waals surface area (Å²) in [4.78, 5) is 0. The van der Waals surface area contributed by atoms with Crippen LogP contribution in [0.4, 0.5) is 0 Å². The van der Waals surface area contributed by atoms with Gasteiger partial charge in [0, 0.05) is 5.56 Å². The number of allylic oxidation sites excluding steroid dienone is 2. The van der Waals surface area contributed by atoms with Crippen molar-refractivity contribution >= 4 is 0 Å². The Kier molecular flexibility index (Phi) is 6.56. The lowest BCUT2D eigenvalue weighted by Gasteiger charge is -2.18. The Morgan fingerprint density at radius 3 is 2.19 bits per heavy atom. The van der Waals surface area contributed by atoms with E-state index in [1.165, 1.54) is 42.4 Å². The van der Waals surface area contributed by atoms with Crippen LogP contribution in [0.5, 0.6) is 5.75 Å². The van der Waals surface area contributed by atoms with E-state index in [1.807, 2.05) is 19.1 Å². The lowest BCUT2D eigenvalue weighted by molar-refractivity contribution is 0.340. The van der Waals surface area contributed by atoms with Crippen molar-refractivity contribution in [2.75, 3.05) is 6.61 Å². The summed E-state index contributed by atoms with van der Waals surface area (Å²) in [6, 6.07) is 16.8. The van der Waals surface area contributed by atoms with Gasteiger partial charge in [0.25, 0.3) is 0 Å². The standard InChI is InChI=1S/C25H28O/c1-3-5-20-6-8-21(9-7-20)10-11-22-12-14-23(15-13-22)24-16-18-25(19-17-24)26-4-2/h8,12-20H,3-7,9H2,1-2H3. The number of hydrogen-bond acceptors (Lipinski definition) is 1. The van der Waals surface area contributed by atoms with Gasteiger partial charge in [-0.3, -0.25) is 0 Å². The highest BCUT2D eigenvalue weighted by atomic mass is 16.5. The minimum Gasteiger partial charge on any atom is -0.494 e. The van der Waals surface area contributed by atoms with Gasteiger partial charge < -0.3 is 4.74 Å². The van der Waals surface area contributed by atoms with Crippen LogP contribution in [0.15, 0.2) is 60.2 Å². The molecule has 1 unspecified atom stereocenters. The van der Waals surface area contributed by atoms with Crippen molar-refractivity contribution < 1.29 is 4.74 Å². The van der Waals surface area contributed by atoms with Gasteiger partial charge >= 0.3 is 0 Å². The maximum Gasteiger partial charge on any atom is 0.119 e. The van der Waals surface area contributed by atoms with E-state index in [1.54, 1.807) is 0 Å². The molecule has 2 aromatic rings. The van der Waals surface area contributed by atoms with Crippen molar-refractivity contribution in [3.63, 3.8) is 0 Å². The van der Waals surface area contributed by atoms with Crippen molar-refractivity contribution in [1.29, 1.82) is 0 Å². The first kappa shape index (κ1) is 18.3. The molecule has 0 spiro atoms. The zero-order chi connectivity index (χ0) is 18.2. The van der Waals surface area contributed by atoms with Crippen LogP contribution in [-0.4, -0.2) is 6.61 Å². The third-order valence-electron chi connectivity index (χ3n) is 4.97. The van der Waals surface area contributed by atoms with E-state index >= 15 is 0 Å². The predicted octanol–water partition coefficient (Wildman–Crippen LogP) is 6.63. The number of benzene rings is 2. The van der Waals surface area contributed by atoms with Gasteiger partial charge in [-0.2, -0.15) is 0 Å². The van der Waals surface area contributed by atoms with E-state index in [0.29, 0.717) is 6.61 Å². The highest BCUT2D eigenvalue weighted by molar-refractivity contribution is 5.65. The Bertz CT molecular complexity index is 785. The van der Waals surface area contributed by atoms with Crippen molar-refractivity contribution in [1.82, 2.24) is 0 Å². The molecule has 1 aliphatic rings. The first-order chi connectivity index (χ1) is 12.8. The highest BCUT2D eigenvalue weighted by Gasteiger charge is 2.12. The molecule has 134 valence electrons. The van der Waals surface area contributed by atoms with Crippen LogP contribution in [0.2, 0.25) is 0 Å². The van der Waals surface area contributed by atoms with Gasteiger partial charge in [0.15, 0.2) is 0 Å². The van der Waals surface area contributed by atoms with Crippen molar-refractivity contribution in [3.8, 4) is 28.7 Å². The fourth-order valence-electron chi connectivity index (χ4n) is 3.48. The minimum atomic E-state index is 0.697. The van der Waals surface area contributed by atoms with Gasteiger partial charge in [0.1, 0.15) is 5.75 Å². The molecule has 1 nitrogen and oxygen atoms in total. The SMILES string of the molecule is CCCC1CC=C(C#Cc2ccc(-c3ccc(OCC)cc3)cc2)CC1. The first-order valence-electron chi connectivity index (χ1n) is 9.82.